The van der Waals surface area contributed by atoms with Gasteiger partial charge in [-0.15, -0.1) is 6.42 Å². The van der Waals surface area contributed by atoms with Gasteiger partial charge in [0, 0.05) is 29.9 Å². The van der Waals surface area contributed by atoms with Crippen molar-refractivity contribution < 1.29 is 14.4 Å². The van der Waals surface area contributed by atoms with Crippen LogP contribution in [-0.2, 0) is 14.4 Å². The fourth-order valence-electron chi connectivity index (χ4n) is 3.54. The lowest BCUT2D eigenvalue weighted by Crippen LogP contribution is -2.41. The zero-order chi connectivity index (χ0) is 18.9. The van der Waals surface area contributed by atoms with E-state index in [1.807, 2.05) is 46.8 Å². The molecule has 0 saturated heterocycles. The summed E-state index contributed by atoms with van der Waals surface area (Å²) in [5, 5.41) is 2.85. The Bertz CT molecular complexity index is 754. The molecule has 1 aliphatic carbocycles. The van der Waals surface area contributed by atoms with Crippen LogP contribution in [0.5, 0.6) is 0 Å². The fraction of sp³-hybridized carbons (Fsp3) is 0.476. The molecule has 1 aromatic carbocycles. The van der Waals surface area contributed by atoms with Crippen LogP contribution >= 0.6 is 0 Å². The quantitative estimate of drug-likeness (QED) is 0.680. The van der Waals surface area contributed by atoms with Crippen molar-refractivity contribution in [2.45, 2.75) is 58.9 Å². The number of carbonyl (C=O) groups excluding carboxylic acids is 3. The zero-order valence-electron chi connectivity index (χ0n) is 15.5. The van der Waals surface area contributed by atoms with Crippen molar-refractivity contribution in [1.82, 2.24) is 5.32 Å². The molecule has 0 spiro atoms. The predicted molar refractivity (Wildman–Crippen MR) is 97.2 cm³/mol. The van der Waals surface area contributed by atoms with Crippen molar-refractivity contribution in [2.24, 2.45) is 5.92 Å². The molecular formula is C21H25NO3. The number of aryl methyl sites for hydroxylation is 2. The maximum atomic E-state index is 12.8. The van der Waals surface area contributed by atoms with Crippen molar-refractivity contribution in [3.8, 4) is 12.3 Å². The Hall–Kier alpha value is -2.41. The number of hydrogen-bond acceptors (Lipinski definition) is 3. The summed E-state index contributed by atoms with van der Waals surface area (Å²) >= 11 is 0. The summed E-state index contributed by atoms with van der Waals surface area (Å²) in [6, 6.07) is 3.64. The van der Waals surface area contributed by atoms with Crippen molar-refractivity contribution >= 4 is 17.5 Å². The summed E-state index contributed by atoms with van der Waals surface area (Å²) in [6.07, 6.45) is 5.62. The third-order valence-corrected chi connectivity index (χ3v) is 4.45. The van der Waals surface area contributed by atoms with Crippen LogP contribution in [0.4, 0.5) is 0 Å². The second kappa shape index (κ2) is 6.84. The molecule has 4 heteroatoms. The van der Waals surface area contributed by atoms with E-state index < -0.39 is 11.8 Å². The van der Waals surface area contributed by atoms with Crippen LogP contribution < -0.4 is 5.32 Å². The van der Waals surface area contributed by atoms with Gasteiger partial charge < -0.3 is 5.32 Å². The van der Waals surface area contributed by atoms with Gasteiger partial charge in [-0.3, -0.25) is 14.4 Å². The van der Waals surface area contributed by atoms with Gasteiger partial charge in [-0.05, 0) is 63.4 Å². The highest BCUT2D eigenvalue weighted by atomic mass is 16.2. The van der Waals surface area contributed by atoms with Gasteiger partial charge in [0.2, 0.25) is 5.91 Å². The minimum atomic E-state index is -0.778. The van der Waals surface area contributed by atoms with Gasteiger partial charge in [-0.1, -0.05) is 5.92 Å². The van der Waals surface area contributed by atoms with E-state index in [9.17, 15) is 14.4 Å². The number of nitrogens with one attached hydrogen (secondary N) is 1. The third-order valence-electron chi connectivity index (χ3n) is 4.45. The summed E-state index contributed by atoms with van der Waals surface area (Å²) in [6.45, 7) is 9.38. The lowest BCUT2D eigenvalue weighted by molar-refractivity contribution is -0.129. The van der Waals surface area contributed by atoms with Crippen LogP contribution in [0.15, 0.2) is 12.1 Å². The summed E-state index contributed by atoms with van der Waals surface area (Å²) in [7, 11) is 0. The summed E-state index contributed by atoms with van der Waals surface area (Å²) in [5.74, 6) is 0.784. The van der Waals surface area contributed by atoms with Gasteiger partial charge in [0.1, 0.15) is 11.7 Å². The van der Waals surface area contributed by atoms with Crippen LogP contribution in [0.3, 0.4) is 0 Å². The Morgan fingerprint density at radius 3 is 2.28 bits per heavy atom. The first-order chi connectivity index (χ1) is 11.5. The van der Waals surface area contributed by atoms with Crippen LogP contribution in [0, 0.1) is 32.1 Å². The largest absolute Gasteiger partial charge is 0.351 e. The molecule has 2 unspecified atom stereocenters. The summed E-state index contributed by atoms with van der Waals surface area (Å²) in [4.78, 5) is 37.5. The van der Waals surface area contributed by atoms with Crippen LogP contribution in [0.25, 0.3) is 0 Å². The van der Waals surface area contributed by atoms with Crippen molar-refractivity contribution in [3.05, 3.63) is 34.4 Å². The zero-order valence-corrected chi connectivity index (χ0v) is 15.5. The Morgan fingerprint density at radius 2 is 1.80 bits per heavy atom. The van der Waals surface area contributed by atoms with Gasteiger partial charge in [0.15, 0.2) is 5.78 Å². The highest BCUT2D eigenvalue weighted by Crippen LogP contribution is 2.37. The van der Waals surface area contributed by atoms with Gasteiger partial charge >= 0.3 is 0 Å². The molecule has 2 atom stereocenters. The predicted octanol–water partition coefficient (Wildman–Crippen LogP) is 2.83. The van der Waals surface area contributed by atoms with E-state index in [4.69, 9.17) is 6.42 Å². The fourth-order valence-corrected chi connectivity index (χ4v) is 3.54. The second-order valence-electron chi connectivity index (χ2n) is 7.87. The van der Waals surface area contributed by atoms with Gasteiger partial charge in [-0.2, -0.15) is 0 Å². The Labute approximate surface area is 149 Å². The molecule has 1 aromatic rings. The molecule has 2 rings (SSSR count). The SMILES string of the molecule is C#Cc1cc(C)c(C2C(=O)CC(CC(=O)NC(C)(C)C)C2=O)c(C)c1. The van der Waals surface area contributed by atoms with E-state index in [2.05, 4.69) is 11.2 Å². The molecule has 1 N–H and O–H groups in total. The van der Waals surface area contributed by atoms with E-state index in [0.29, 0.717) is 0 Å². The van der Waals surface area contributed by atoms with Gasteiger partial charge in [0.25, 0.3) is 0 Å². The molecule has 1 fully saturated rings. The first-order valence-corrected chi connectivity index (χ1v) is 8.48. The summed E-state index contributed by atoms with van der Waals surface area (Å²) in [5.41, 5.74) is 2.81. The van der Waals surface area contributed by atoms with E-state index in [1.54, 1.807) is 0 Å². The molecule has 0 bridgehead atoms. The van der Waals surface area contributed by atoms with E-state index >= 15 is 0 Å². The number of hydrogen-bond donors (Lipinski definition) is 1. The molecule has 25 heavy (non-hydrogen) atoms. The molecule has 0 aliphatic heterocycles. The molecular weight excluding hydrogens is 314 g/mol. The minimum absolute atomic E-state index is 0.0544. The maximum absolute atomic E-state index is 12.8. The molecule has 0 radical (unpaired) electrons. The topological polar surface area (TPSA) is 63.2 Å². The van der Waals surface area contributed by atoms with Crippen LogP contribution in [0.2, 0.25) is 0 Å². The minimum Gasteiger partial charge on any atom is -0.351 e. The molecule has 1 aliphatic rings. The third kappa shape index (κ3) is 4.17. The van der Waals surface area contributed by atoms with Crippen LogP contribution in [-0.4, -0.2) is 23.0 Å². The Morgan fingerprint density at radius 1 is 1.24 bits per heavy atom. The van der Waals surface area contributed by atoms with E-state index in [1.165, 1.54) is 0 Å². The molecule has 4 nitrogen and oxygen atoms in total. The number of ketones is 2. The monoisotopic (exact) mass is 339 g/mol. The molecule has 132 valence electrons. The van der Waals surface area contributed by atoms with Crippen molar-refractivity contribution in [1.29, 1.82) is 0 Å². The number of amides is 1. The standard InChI is InChI=1S/C21H25NO3/c1-7-14-8-12(2)18(13(3)9-14)19-16(23)10-15(20(19)25)11-17(24)22-21(4,5)6/h1,8-9,15,19H,10-11H2,2-6H3,(H,22,24). The molecule has 1 saturated carbocycles. The first-order valence-electron chi connectivity index (χ1n) is 8.48. The highest BCUT2D eigenvalue weighted by molar-refractivity contribution is 6.15. The number of Topliss-reactive ketones (excluding diaryl/α,β-unsaturated/α-hetero) is 2. The molecule has 1 amide bonds. The van der Waals surface area contributed by atoms with Crippen molar-refractivity contribution in [2.75, 3.05) is 0 Å². The first kappa shape index (κ1) is 18.9. The molecule has 0 heterocycles. The van der Waals surface area contributed by atoms with Gasteiger partial charge in [-0.25, -0.2) is 0 Å². The van der Waals surface area contributed by atoms with E-state index in [0.717, 1.165) is 22.3 Å². The normalized spacial score (nSPS) is 20.5. The van der Waals surface area contributed by atoms with Gasteiger partial charge in [0.05, 0.1) is 0 Å². The molecule has 0 aromatic heterocycles. The van der Waals surface area contributed by atoms with Crippen molar-refractivity contribution in [3.63, 3.8) is 0 Å². The number of terminal acetylenes is 1. The maximum Gasteiger partial charge on any atom is 0.221 e. The Kier molecular flexibility index (Phi) is 5.17. The average molecular weight is 339 g/mol. The number of carbonyl (C=O) groups is 3. The Balaban J connectivity index is 2.26. The number of benzene rings is 1. The van der Waals surface area contributed by atoms with E-state index in [-0.39, 0.29) is 35.9 Å². The summed E-state index contributed by atoms with van der Waals surface area (Å²) < 4.78 is 0. The number of rotatable bonds is 3. The smallest absolute Gasteiger partial charge is 0.221 e. The lowest BCUT2D eigenvalue weighted by Gasteiger charge is -2.21. The van der Waals surface area contributed by atoms with Crippen LogP contribution in [0.1, 0.15) is 61.8 Å². The average Bonchev–Trinajstić information content (AvgIpc) is 2.72. The highest BCUT2D eigenvalue weighted by Gasteiger charge is 2.44. The lowest BCUT2D eigenvalue weighted by atomic mass is 9.86. The second-order valence-corrected chi connectivity index (χ2v) is 7.87.